The fourth-order valence-electron chi connectivity index (χ4n) is 1.24. The average molecular weight is 264 g/mol. The van der Waals surface area contributed by atoms with E-state index in [-0.39, 0.29) is 24.3 Å². The van der Waals surface area contributed by atoms with Crippen LogP contribution >= 0.6 is 0 Å². The molecule has 0 amide bonds. The molecule has 0 saturated heterocycles. The maximum atomic E-state index is 11.7. The Morgan fingerprint density at radius 1 is 1.16 bits per heavy atom. The van der Waals surface area contributed by atoms with E-state index in [9.17, 15) is 14.4 Å². The average Bonchev–Trinajstić information content (AvgIpc) is 2.44. The Kier molecular flexibility index (Phi) is 5.43. The Morgan fingerprint density at radius 2 is 1.74 bits per heavy atom. The van der Waals surface area contributed by atoms with E-state index in [4.69, 9.17) is 9.84 Å². The summed E-state index contributed by atoms with van der Waals surface area (Å²) in [4.78, 5) is 34.2. The number of carbonyl (C=O) groups is 3. The van der Waals surface area contributed by atoms with Crippen molar-refractivity contribution in [2.24, 2.45) is 0 Å². The summed E-state index contributed by atoms with van der Waals surface area (Å²) in [6, 6.07) is 5.72. The third-order valence-corrected chi connectivity index (χ3v) is 2.05. The van der Waals surface area contributed by atoms with Crippen LogP contribution in [-0.4, -0.2) is 36.2 Å². The van der Waals surface area contributed by atoms with Gasteiger partial charge in [0.1, 0.15) is 6.61 Å². The molecule has 19 heavy (non-hydrogen) atoms. The summed E-state index contributed by atoms with van der Waals surface area (Å²) in [6.45, 7) is 2.65. The van der Waals surface area contributed by atoms with Gasteiger partial charge in [0.05, 0.1) is 17.7 Å². The van der Waals surface area contributed by atoms with Crippen molar-refractivity contribution in [3.05, 3.63) is 48.0 Å². The SMILES string of the molecule is C=CC(=O)OC(=O)c1ccccc1C(=O)OCCO. The van der Waals surface area contributed by atoms with Crippen LogP contribution in [0.3, 0.4) is 0 Å². The van der Waals surface area contributed by atoms with Gasteiger partial charge in [0, 0.05) is 6.08 Å². The Labute approximate surface area is 109 Å². The molecule has 1 aromatic carbocycles. The molecule has 0 aliphatic heterocycles. The molecule has 1 rings (SSSR count). The standard InChI is InChI=1S/C13H12O6/c1-2-11(15)19-13(17)10-6-4-3-5-9(10)12(16)18-8-7-14/h2-6,14H,1,7-8H2. The number of hydrogen-bond donors (Lipinski definition) is 1. The Hall–Kier alpha value is -2.47. The monoisotopic (exact) mass is 264 g/mol. The van der Waals surface area contributed by atoms with Gasteiger partial charge in [-0.1, -0.05) is 18.7 Å². The van der Waals surface area contributed by atoms with E-state index in [1.54, 1.807) is 0 Å². The summed E-state index contributed by atoms with van der Waals surface area (Å²) < 4.78 is 9.13. The number of hydrogen-bond acceptors (Lipinski definition) is 6. The molecule has 0 atom stereocenters. The Morgan fingerprint density at radius 3 is 2.26 bits per heavy atom. The molecular formula is C13H12O6. The van der Waals surface area contributed by atoms with Crippen LogP contribution < -0.4 is 0 Å². The van der Waals surface area contributed by atoms with Crippen LogP contribution in [0.25, 0.3) is 0 Å². The fraction of sp³-hybridized carbons (Fsp3) is 0.154. The van der Waals surface area contributed by atoms with Crippen molar-refractivity contribution in [3.63, 3.8) is 0 Å². The summed E-state index contributed by atoms with van der Waals surface area (Å²) in [6.07, 6.45) is 0.838. The van der Waals surface area contributed by atoms with Crippen LogP contribution in [-0.2, 0) is 14.3 Å². The molecule has 0 fully saturated rings. The molecule has 0 saturated carbocycles. The smallest absolute Gasteiger partial charge is 0.346 e. The lowest BCUT2D eigenvalue weighted by atomic mass is 10.1. The van der Waals surface area contributed by atoms with E-state index in [2.05, 4.69) is 11.3 Å². The van der Waals surface area contributed by atoms with Crippen molar-refractivity contribution in [1.29, 1.82) is 0 Å². The molecule has 0 heterocycles. The van der Waals surface area contributed by atoms with Crippen molar-refractivity contribution >= 4 is 17.9 Å². The van der Waals surface area contributed by atoms with E-state index in [0.29, 0.717) is 0 Å². The van der Waals surface area contributed by atoms with Crippen molar-refractivity contribution in [1.82, 2.24) is 0 Å². The van der Waals surface area contributed by atoms with Gasteiger partial charge in [-0.25, -0.2) is 14.4 Å². The lowest BCUT2D eigenvalue weighted by molar-refractivity contribution is -0.132. The number of ether oxygens (including phenoxy) is 2. The van der Waals surface area contributed by atoms with Gasteiger partial charge in [-0.3, -0.25) is 0 Å². The second-order valence-electron chi connectivity index (χ2n) is 3.32. The minimum atomic E-state index is -0.971. The maximum absolute atomic E-state index is 11.7. The summed E-state index contributed by atoms with van der Waals surface area (Å²) in [5, 5.41) is 8.57. The highest BCUT2D eigenvalue weighted by atomic mass is 16.6. The van der Waals surface area contributed by atoms with Crippen LogP contribution in [0.2, 0.25) is 0 Å². The first-order valence-electron chi connectivity index (χ1n) is 5.35. The highest BCUT2D eigenvalue weighted by Crippen LogP contribution is 2.12. The molecule has 6 heteroatoms. The topological polar surface area (TPSA) is 89.9 Å². The molecule has 1 N–H and O–H groups in total. The largest absolute Gasteiger partial charge is 0.460 e. The lowest BCUT2D eigenvalue weighted by Crippen LogP contribution is -2.17. The van der Waals surface area contributed by atoms with Crippen LogP contribution in [0.5, 0.6) is 0 Å². The fourth-order valence-corrected chi connectivity index (χ4v) is 1.24. The van der Waals surface area contributed by atoms with E-state index in [1.807, 2.05) is 0 Å². The normalized spacial score (nSPS) is 9.53. The molecule has 0 spiro atoms. The zero-order chi connectivity index (χ0) is 14.3. The molecule has 0 bridgehead atoms. The Balaban J connectivity index is 2.95. The van der Waals surface area contributed by atoms with Crippen LogP contribution in [0, 0.1) is 0 Å². The second kappa shape index (κ2) is 7.07. The van der Waals surface area contributed by atoms with Gasteiger partial charge in [-0.2, -0.15) is 0 Å². The minimum Gasteiger partial charge on any atom is -0.460 e. The van der Waals surface area contributed by atoms with Crippen LogP contribution in [0.1, 0.15) is 20.7 Å². The highest BCUT2D eigenvalue weighted by molar-refractivity contribution is 6.06. The number of rotatable bonds is 5. The third-order valence-electron chi connectivity index (χ3n) is 2.05. The number of carbonyl (C=O) groups excluding carboxylic acids is 3. The van der Waals surface area contributed by atoms with E-state index < -0.39 is 17.9 Å². The van der Waals surface area contributed by atoms with Crippen LogP contribution in [0.4, 0.5) is 0 Å². The van der Waals surface area contributed by atoms with E-state index in [1.165, 1.54) is 24.3 Å². The first-order chi connectivity index (χ1) is 9.10. The van der Waals surface area contributed by atoms with Gasteiger partial charge in [0.25, 0.3) is 0 Å². The third kappa shape index (κ3) is 4.04. The summed E-state index contributed by atoms with van der Waals surface area (Å²) in [5.41, 5.74) is -0.140. The van der Waals surface area contributed by atoms with Gasteiger partial charge in [-0.05, 0) is 12.1 Å². The van der Waals surface area contributed by atoms with Gasteiger partial charge in [0.15, 0.2) is 0 Å². The number of aliphatic hydroxyl groups is 1. The molecule has 1 aromatic rings. The van der Waals surface area contributed by atoms with E-state index in [0.717, 1.165) is 6.08 Å². The van der Waals surface area contributed by atoms with Crippen molar-refractivity contribution in [2.45, 2.75) is 0 Å². The number of esters is 3. The first-order valence-corrected chi connectivity index (χ1v) is 5.35. The summed E-state index contributed by atoms with van der Waals surface area (Å²) in [7, 11) is 0. The maximum Gasteiger partial charge on any atom is 0.346 e. The molecule has 0 aliphatic carbocycles. The van der Waals surface area contributed by atoms with Gasteiger partial charge in [0.2, 0.25) is 0 Å². The number of aliphatic hydroxyl groups excluding tert-OH is 1. The highest BCUT2D eigenvalue weighted by Gasteiger charge is 2.20. The van der Waals surface area contributed by atoms with Crippen molar-refractivity contribution in [3.8, 4) is 0 Å². The first kappa shape index (κ1) is 14.6. The summed E-state index contributed by atoms with van der Waals surface area (Å²) in [5.74, 6) is -2.67. The predicted octanol–water partition coefficient (Wildman–Crippen LogP) is 0.705. The minimum absolute atomic E-state index is 0.0437. The molecular weight excluding hydrogens is 252 g/mol. The van der Waals surface area contributed by atoms with Crippen molar-refractivity contribution in [2.75, 3.05) is 13.2 Å². The zero-order valence-corrected chi connectivity index (χ0v) is 10.00. The Bertz CT molecular complexity index is 506. The molecule has 0 aliphatic rings. The van der Waals surface area contributed by atoms with Gasteiger partial charge < -0.3 is 14.6 Å². The molecule has 0 aromatic heterocycles. The molecule has 100 valence electrons. The lowest BCUT2D eigenvalue weighted by Gasteiger charge is -2.07. The van der Waals surface area contributed by atoms with Crippen molar-refractivity contribution < 1.29 is 29.0 Å². The van der Waals surface area contributed by atoms with Crippen LogP contribution in [0.15, 0.2) is 36.9 Å². The quantitative estimate of drug-likeness (QED) is 0.478. The zero-order valence-electron chi connectivity index (χ0n) is 10.00. The molecule has 6 nitrogen and oxygen atoms in total. The number of benzene rings is 1. The van der Waals surface area contributed by atoms with E-state index >= 15 is 0 Å². The molecule has 0 radical (unpaired) electrons. The molecule has 0 unspecified atom stereocenters. The van der Waals surface area contributed by atoms with Gasteiger partial charge >= 0.3 is 17.9 Å². The summed E-state index contributed by atoms with van der Waals surface area (Å²) >= 11 is 0. The predicted molar refractivity (Wildman–Crippen MR) is 64.4 cm³/mol. The van der Waals surface area contributed by atoms with Gasteiger partial charge in [-0.15, -0.1) is 0 Å². The second-order valence-corrected chi connectivity index (χ2v) is 3.32.